The van der Waals surface area contributed by atoms with E-state index in [4.69, 9.17) is 14.2 Å². The lowest BCUT2D eigenvalue weighted by Gasteiger charge is -2.15. The summed E-state index contributed by atoms with van der Waals surface area (Å²) in [4.78, 5) is 25.2. The maximum absolute atomic E-state index is 12.7. The lowest BCUT2D eigenvalue weighted by molar-refractivity contribution is 0.0316. The Morgan fingerprint density at radius 1 is 0.828 bits per heavy atom. The minimum absolute atomic E-state index is 0.218. The third-order valence-electron chi connectivity index (χ3n) is 4.40. The average Bonchev–Trinajstić information content (AvgIpc) is 2.78. The smallest absolute Gasteiger partial charge is 0.339 e. The van der Waals surface area contributed by atoms with Crippen LogP contribution in [-0.4, -0.2) is 25.0 Å². The van der Waals surface area contributed by atoms with Crippen molar-refractivity contribution in [3.8, 4) is 11.5 Å². The minimum atomic E-state index is -0.918. The van der Waals surface area contributed by atoms with Crippen LogP contribution >= 0.6 is 0 Å². The van der Waals surface area contributed by atoms with Gasteiger partial charge < -0.3 is 14.2 Å². The van der Waals surface area contributed by atoms with Gasteiger partial charge in [-0.25, -0.2) is 4.79 Å². The van der Waals surface area contributed by atoms with Crippen molar-refractivity contribution in [2.24, 2.45) is 0 Å². The first-order valence-corrected chi connectivity index (χ1v) is 9.23. The van der Waals surface area contributed by atoms with Crippen molar-refractivity contribution in [3.63, 3.8) is 0 Å². The van der Waals surface area contributed by atoms with Gasteiger partial charge >= 0.3 is 5.97 Å². The van der Waals surface area contributed by atoms with E-state index in [2.05, 4.69) is 0 Å². The number of hydrogen-bond acceptors (Lipinski definition) is 5. The summed E-state index contributed by atoms with van der Waals surface area (Å²) in [5.74, 6) is 0.517. The van der Waals surface area contributed by atoms with Gasteiger partial charge in [0.15, 0.2) is 6.10 Å². The van der Waals surface area contributed by atoms with E-state index in [-0.39, 0.29) is 12.4 Å². The molecule has 0 aliphatic heterocycles. The molecule has 0 N–H and O–H groups in total. The van der Waals surface area contributed by atoms with Crippen LogP contribution in [0.2, 0.25) is 0 Å². The van der Waals surface area contributed by atoms with Crippen LogP contribution in [0.4, 0.5) is 0 Å². The van der Waals surface area contributed by atoms with E-state index in [1.807, 2.05) is 36.4 Å². The molecule has 0 saturated carbocycles. The van der Waals surface area contributed by atoms with Crippen molar-refractivity contribution in [3.05, 3.63) is 95.6 Å². The first kappa shape index (κ1) is 20.1. The molecule has 0 radical (unpaired) electrons. The first-order chi connectivity index (χ1) is 14.1. The fraction of sp³-hybridized carbons (Fsp3) is 0.167. The van der Waals surface area contributed by atoms with Gasteiger partial charge in [-0.1, -0.05) is 36.4 Å². The predicted molar refractivity (Wildman–Crippen MR) is 109 cm³/mol. The van der Waals surface area contributed by atoms with E-state index in [1.54, 1.807) is 56.5 Å². The van der Waals surface area contributed by atoms with E-state index in [0.717, 1.165) is 0 Å². The summed E-state index contributed by atoms with van der Waals surface area (Å²) in [6, 6.07) is 23.1. The molecule has 3 aromatic carbocycles. The fourth-order valence-corrected chi connectivity index (χ4v) is 2.79. The second-order valence-corrected chi connectivity index (χ2v) is 6.40. The lowest BCUT2D eigenvalue weighted by Crippen LogP contribution is -2.25. The van der Waals surface area contributed by atoms with Crippen LogP contribution in [0.25, 0.3) is 0 Å². The van der Waals surface area contributed by atoms with Crippen molar-refractivity contribution in [1.82, 2.24) is 0 Å². The van der Waals surface area contributed by atoms with Gasteiger partial charge in [0.05, 0.1) is 12.7 Å². The second-order valence-electron chi connectivity index (χ2n) is 6.40. The summed E-state index contributed by atoms with van der Waals surface area (Å²) in [5.41, 5.74) is 1.51. The summed E-state index contributed by atoms with van der Waals surface area (Å²) >= 11 is 0. The molecule has 0 unspecified atom stereocenters. The minimum Gasteiger partial charge on any atom is -0.497 e. The highest BCUT2D eigenvalue weighted by molar-refractivity contribution is 6.01. The number of hydrogen-bond donors (Lipinski definition) is 0. The Kier molecular flexibility index (Phi) is 6.63. The van der Waals surface area contributed by atoms with Gasteiger partial charge in [-0.2, -0.15) is 0 Å². The van der Waals surface area contributed by atoms with Crippen LogP contribution in [0.15, 0.2) is 78.9 Å². The van der Waals surface area contributed by atoms with Gasteiger partial charge in [0.2, 0.25) is 5.78 Å². The average molecular weight is 390 g/mol. The number of ketones is 1. The zero-order chi connectivity index (χ0) is 20.6. The number of rotatable bonds is 8. The van der Waals surface area contributed by atoms with Crippen LogP contribution in [0, 0.1) is 0 Å². The second kappa shape index (κ2) is 9.55. The molecule has 1 atom stereocenters. The predicted octanol–water partition coefficient (Wildman–Crippen LogP) is 4.70. The molecule has 0 aliphatic rings. The highest BCUT2D eigenvalue weighted by Gasteiger charge is 2.22. The number of carbonyl (C=O) groups is 2. The van der Waals surface area contributed by atoms with Gasteiger partial charge in [-0.05, 0) is 49.4 Å². The van der Waals surface area contributed by atoms with Gasteiger partial charge in [-0.3, -0.25) is 4.79 Å². The molecule has 0 spiro atoms. The number of methoxy groups -OCH3 is 1. The van der Waals surface area contributed by atoms with Crippen molar-refractivity contribution >= 4 is 11.8 Å². The third kappa shape index (κ3) is 5.23. The van der Waals surface area contributed by atoms with Crippen molar-refractivity contribution < 1.29 is 23.8 Å². The molecule has 0 saturated heterocycles. The third-order valence-corrected chi connectivity index (χ3v) is 4.40. The molecule has 29 heavy (non-hydrogen) atoms. The monoisotopic (exact) mass is 390 g/mol. The largest absolute Gasteiger partial charge is 0.497 e. The number of para-hydroxylation sites is 1. The number of Topliss-reactive ketones (excluding diaryl/α,β-unsaturated/α-hetero) is 1. The van der Waals surface area contributed by atoms with Gasteiger partial charge in [-0.15, -0.1) is 0 Å². The van der Waals surface area contributed by atoms with Crippen molar-refractivity contribution in [1.29, 1.82) is 0 Å². The highest BCUT2D eigenvalue weighted by atomic mass is 16.5. The zero-order valence-corrected chi connectivity index (χ0v) is 16.3. The normalized spacial score (nSPS) is 11.4. The number of esters is 1. The Morgan fingerprint density at radius 2 is 1.48 bits per heavy atom. The summed E-state index contributed by atoms with van der Waals surface area (Å²) in [6.45, 7) is 1.78. The molecule has 0 fully saturated rings. The summed E-state index contributed by atoms with van der Waals surface area (Å²) in [6.07, 6.45) is -0.918. The maximum atomic E-state index is 12.7. The van der Waals surface area contributed by atoms with Gasteiger partial charge in [0.1, 0.15) is 18.1 Å². The van der Waals surface area contributed by atoms with E-state index in [9.17, 15) is 9.59 Å². The highest BCUT2D eigenvalue weighted by Crippen LogP contribution is 2.18. The zero-order valence-electron chi connectivity index (χ0n) is 16.3. The lowest BCUT2D eigenvalue weighted by atomic mass is 10.1. The molecule has 3 aromatic rings. The Bertz CT molecular complexity index is 964. The Morgan fingerprint density at radius 3 is 2.17 bits per heavy atom. The molecule has 148 valence electrons. The number of ether oxygens (including phenoxy) is 3. The molecule has 5 heteroatoms. The van der Waals surface area contributed by atoms with Crippen LogP contribution < -0.4 is 9.47 Å². The van der Waals surface area contributed by atoms with Crippen molar-refractivity contribution in [2.45, 2.75) is 19.6 Å². The van der Waals surface area contributed by atoms with Gasteiger partial charge in [0.25, 0.3) is 0 Å². The summed E-state index contributed by atoms with van der Waals surface area (Å²) in [5, 5.41) is 0. The van der Waals surface area contributed by atoms with Crippen LogP contribution in [-0.2, 0) is 11.3 Å². The Labute approximate surface area is 169 Å². The molecule has 0 heterocycles. The molecule has 0 aromatic heterocycles. The molecule has 0 aliphatic carbocycles. The van der Waals surface area contributed by atoms with Gasteiger partial charge in [0, 0.05) is 11.1 Å². The van der Waals surface area contributed by atoms with E-state index >= 15 is 0 Å². The molecule has 5 nitrogen and oxygen atoms in total. The van der Waals surface area contributed by atoms with Crippen LogP contribution in [0.5, 0.6) is 11.5 Å². The summed E-state index contributed by atoms with van der Waals surface area (Å²) in [7, 11) is 1.56. The number of carbonyl (C=O) groups excluding carboxylic acids is 2. The molecule has 3 rings (SSSR count). The van der Waals surface area contributed by atoms with E-state index in [0.29, 0.717) is 28.2 Å². The number of benzene rings is 3. The standard InChI is InChI=1S/C24H22O5/c1-17(23(25)18-12-14-20(27-2)15-13-18)29-24(26)22-11-7-6-8-19(22)16-28-21-9-4-3-5-10-21/h3-15,17H,16H2,1-2H3/t17-/m0/s1. The maximum Gasteiger partial charge on any atom is 0.339 e. The van der Waals surface area contributed by atoms with Crippen molar-refractivity contribution in [2.75, 3.05) is 7.11 Å². The van der Waals surface area contributed by atoms with Crippen LogP contribution in [0.3, 0.4) is 0 Å². The fourth-order valence-electron chi connectivity index (χ4n) is 2.79. The quantitative estimate of drug-likeness (QED) is 0.412. The summed E-state index contributed by atoms with van der Waals surface area (Å²) < 4.78 is 16.3. The Balaban J connectivity index is 1.67. The van der Waals surface area contributed by atoms with Crippen LogP contribution in [0.1, 0.15) is 33.2 Å². The topological polar surface area (TPSA) is 61.8 Å². The molecular weight excluding hydrogens is 368 g/mol. The SMILES string of the molecule is COc1ccc(C(=O)[C@H](C)OC(=O)c2ccccc2COc2ccccc2)cc1. The molecule has 0 bridgehead atoms. The Hall–Kier alpha value is -3.60. The van der Waals surface area contributed by atoms with E-state index < -0.39 is 12.1 Å². The molecular formula is C24H22O5. The van der Waals surface area contributed by atoms with E-state index in [1.165, 1.54) is 0 Å². The molecule has 0 amide bonds. The first-order valence-electron chi connectivity index (χ1n) is 9.23.